The average Bonchev–Trinajstić information content (AvgIpc) is 3.26. The monoisotopic (exact) mass is 430 g/mol. The summed E-state index contributed by atoms with van der Waals surface area (Å²) in [4.78, 5) is 39.2. The molecule has 4 N–H and O–H groups in total. The molecular formula is C23H22N6O3. The van der Waals surface area contributed by atoms with Crippen LogP contribution in [0.3, 0.4) is 0 Å². The molecule has 0 saturated carbocycles. The lowest BCUT2D eigenvalue weighted by molar-refractivity contribution is -0.132. The summed E-state index contributed by atoms with van der Waals surface area (Å²) in [5.74, 6) is -0.469. The molecule has 0 fully saturated rings. The fourth-order valence-corrected chi connectivity index (χ4v) is 4.19. The molecule has 9 heteroatoms. The number of aromatic amines is 2. The first-order valence-corrected chi connectivity index (χ1v) is 10.4. The van der Waals surface area contributed by atoms with Gasteiger partial charge in [0.2, 0.25) is 0 Å². The predicted molar refractivity (Wildman–Crippen MR) is 123 cm³/mol. The van der Waals surface area contributed by atoms with E-state index in [1.165, 1.54) is 6.92 Å². The molecule has 0 radical (unpaired) electrons. The molecule has 3 aromatic heterocycles. The maximum Gasteiger partial charge on any atom is 0.310 e. The number of hydrogen-bond acceptors (Lipinski definition) is 6. The van der Waals surface area contributed by atoms with Gasteiger partial charge < -0.3 is 25.0 Å². The summed E-state index contributed by atoms with van der Waals surface area (Å²) in [5.41, 5.74) is 11.0. The molecule has 5 rings (SSSR count). The van der Waals surface area contributed by atoms with Crippen molar-refractivity contribution in [1.82, 2.24) is 24.5 Å². The molecule has 0 atom stereocenters. The highest BCUT2D eigenvalue weighted by Gasteiger charge is 2.20. The Morgan fingerprint density at radius 1 is 1.12 bits per heavy atom. The van der Waals surface area contributed by atoms with Gasteiger partial charge in [-0.15, -0.1) is 0 Å². The van der Waals surface area contributed by atoms with E-state index in [1.54, 1.807) is 12.1 Å². The van der Waals surface area contributed by atoms with Crippen molar-refractivity contribution in [2.45, 2.75) is 26.8 Å². The Morgan fingerprint density at radius 3 is 2.59 bits per heavy atom. The zero-order chi connectivity index (χ0) is 22.4. The number of imidazole rings is 1. The van der Waals surface area contributed by atoms with Gasteiger partial charge in [-0.1, -0.05) is 18.2 Å². The van der Waals surface area contributed by atoms with Crippen LogP contribution in [0.5, 0.6) is 6.01 Å². The lowest BCUT2D eigenvalue weighted by Gasteiger charge is -2.08. The van der Waals surface area contributed by atoms with Crippen molar-refractivity contribution in [3.8, 4) is 17.3 Å². The topological polar surface area (TPSA) is 132 Å². The smallest absolute Gasteiger partial charge is 0.310 e. The number of benzene rings is 2. The minimum absolute atomic E-state index is 0.101. The lowest BCUT2D eigenvalue weighted by atomic mass is 10.1. The number of para-hydroxylation sites is 1. The number of nitrogens with one attached hydrogen (secondary N) is 2. The number of aryl methyl sites for hydroxylation is 1. The fraction of sp³-hybridized carbons (Fsp3) is 0.217. The van der Waals surface area contributed by atoms with E-state index in [4.69, 9.17) is 15.5 Å². The van der Waals surface area contributed by atoms with Crippen LogP contribution in [0.1, 0.15) is 19.0 Å². The average molecular weight is 430 g/mol. The predicted octanol–water partition coefficient (Wildman–Crippen LogP) is 3.00. The molecular weight excluding hydrogens is 408 g/mol. The number of aromatic nitrogens is 5. The van der Waals surface area contributed by atoms with Gasteiger partial charge in [-0.25, -0.2) is 4.98 Å². The van der Waals surface area contributed by atoms with Gasteiger partial charge >= 0.3 is 12.0 Å². The standard InChI is InChI=1S/C23H22N6O3/c1-12-20(14-6-3-4-7-19(14)29(12)9-5-8-24)21-22(31)26-16-11-18-17(10-15(16)25-21)27-23(28-18)32-13(2)30/h3-4,6-7,10-11H,5,8-9,24H2,1-2H3,(H,26,31)(H,27,28). The van der Waals surface area contributed by atoms with Gasteiger partial charge in [0, 0.05) is 35.6 Å². The second kappa shape index (κ2) is 7.61. The van der Waals surface area contributed by atoms with E-state index < -0.39 is 5.97 Å². The molecule has 0 bridgehead atoms. The maximum atomic E-state index is 13.1. The Bertz CT molecular complexity index is 1560. The van der Waals surface area contributed by atoms with Crippen LogP contribution in [0.15, 0.2) is 41.2 Å². The van der Waals surface area contributed by atoms with Crippen LogP contribution in [0.25, 0.3) is 44.2 Å². The summed E-state index contributed by atoms with van der Waals surface area (Å²) in [5, 5.41) is 0.971. The number of ether oxygens (including phenoxy) is 1. The van der Waals surface area contributed by atoms with Gasteiger partial charge in [0.05, 0.1) is 22.1 Å². The SMILES string of the molecule is CC(=O)Oc1nc2cc3[nH]c(=O)c(-c4c(C)n(CCCN)c5ccccc45)nc3cc2[nH]1. The number of hydrogen-bond donors (Lipinski definition) is 3. The van der Waals surface area contributed by atoms with Crippen molar-refractivity contribution in [3.05, 3.63) is 52.4 Å². The zero-order valence-corrected chi connectivity index (χ0v) is 17.7. The molecule has 0 unspecified atom stereocenters. The van der Waals surface area contributed by atoms with Crippen molar-refractivity contribution < 1.29 is 9.53 Å². The molecule has 0 aliphatic heterocycles. The molecule has 9 nitrogen and oxygen atoms in total. The first-order chi connectivity index (χ1) is 15.5. The molecule has 2 aromatic carbocycles. The number of esters is 1. The first kappa shape index (κ1) is 20.0. The summed E-state index contributed by atoms with van der Waals surface area (Å²) < 4.78 is 7.22. The third kappa shape index (κ3) is 3.23. The van der Waals surface area contributed by atoms with Crippen LogP contribution in [-0.2, 0) is 11.3 Å². The minimum Gasteiger partial charge on any atom is -0.392 e. The number of nitrogens with zero attached hydrogens (tertiary/aromatic N) is 3. The lowest BCUT2D eigenvalue weighted by Crippen LogP contribution is -2.12. The number of nitrogens with two attached hydrogens (primary N) is 1. The molecule has 5 aromatic rings. The van der Waals surface area contributed by atoms with Gasteiger partial charge in [0.15, 0.2) is 0 Å². The molecule has 0 aliphatic carbocycles. The zero-order valence-electron chi connectivity index (χ0n) is 17.7. The number of H-pyrrole nitrogens is 2. The van der Waals surface area contributed by atoms with E-state index in [0.29, 0.717) is 34.3 Å². The van der Waals surface area contributed by atoms with Crippen LogP contribution < -0.4 is 16.0 Å². The number of rotatable bonds is 5. The highest BCUT2D eigenvalue weighted by Crippen LogP contribution is 2.33. The van der Waals surface area contributed by atoms with E-state index in [-0.39, 0.29) is 11.6 Å². The van der Waals surface area contributed by atoms with E-state index in [1.807, 2.05) is 31.2 Å². The highest BCUT2D eigenvalue weighted by atomic mass is 16.5. The Hall–Kier alpha value is -3.98. The summed E-state index contributed by atoms with van der Waals surface area (Å²) in [7, 11) is 0. The number of fused-ring (bicyclic) bond motifs is 3. The second-order valence-corrected chi connectivity index (χ2v) is 7.71. The van der Waals surface area contributed by atoms with E-state index >= 15 is 0 Å². The molecule has 32 heavy (non-hydrogen) atoms. The largest absolute Gasteiger partial charge is 0.392 e. The minimum atomic E-state index is -0.469. The molecule has 0 saturated heterocycles. The summed E-state index contributed by atoms with van der Waals surface area (Å²) in [6.45, 7) is 4.66. The third-order valence-electron chi connectivity index (χ3n) is 5.57. The second-order valence-electron chi connectivity index (χ2n) is 7.71. The molecule has 3 heterocycles. The quantitative estimate of drug-likeness (QED) is 0.367. The van der Waals surface area contributed by atoms with Gasteiger partial charge in [-0.05, 0) is 38.1 Å². The summed E-state index contributed by atoms with van der Waals surface area (Å²) in [6.07, 6.45) is 0.836. The Balaban J connectivity index is 1.72. The maximum absolute atomic E-state index is 13.1. The molecule has 0 aliphatic rings. The number of carbonyl (C=O) groups is 1. The Labute approximate surface area is 182 Å². The Morgan fingerprint density at radius 2 is 1.84 bits per heavy atom. The normalized spacial score (nSPS) is 11.6. The van der Waals surface area contributed by atoms with Crippen LogP contribution in [-0.4, -0.2) is 37.0 Å². The van der Waals surface area contributed by atoms with Crippen LogP contribution in [0.4, 0.5) is 0 Å². The highest BCUT2D eigenvalue weighted by molar-refractivity contribution is 5.98. The Kier molecular flexibility index (Phi) is 4.75. The van der Waals surface area contributed by atoms with Crippen molar-refractivity contribution >= 4 is 38.9 Å². The van der Waals surface area contributed by atoms with Gasteiger partial charge in [-0.2, -0.15) is 4.98 Å². The van der Waals surface area contributed by atoms with Crippen LogP contribution in [0.2, 0.25) is 0 Å². The van der Waals surface area contributed by atoms with E-state index in [0.717, 1.165) is 35.1 Å². The van der Waals surface area contributed by atoms with Gasteiger partial charge in [0.1, 0.15) is 5.69 Å². The van der Waals surface area contributed by atoms with Gasteiger partial charge in [0.25, 0.3) is 5.56 Å². The van der Waals surface area contributed by atoms with Crippen LogP contribution in [0, 0.1) is 6.92 Å². The van der Waals surface area contributed by atoms with Crippen molar-refractivity contribution in [2.24, 2.45) is 5.73 Å². The van der Waals surface area contributed by atoms with E-state index in [2.05, 4.69) is 19.5 Å². The van der Waals surface area contributed by atoms with Crippen molar-refractivity contribution in [1.29, 1.82) is 0 Å². The van der Waals surface area contributed by atoms with E-state index in [9.17, 15) is 9.59 Å². The first-order valence-electron chi connectivity index (χ1n) is 10.4. The fourth-order valence-electron chi connectivity index (χ4n) is 4.19. The molecule has 162 valence electrons. The van der Waals surface area contributed by atoms with Gasteiger partial charge in [-0.3, -0.25) is 9.59 Å². The van der Waals surface area contributed by atoms with Crippen molar-refractivity contribution in [3.63, 3.8) is 0 Å². The molecule has 0 amide bonds. The molecule has 0 spiro atoms. The van der Waals surface area contributed by atoms with Crippen molar-refractivity contribution in [2.75, 3.05) is 6.54 Å². The van der Waals surface area contributed by atoms with Crippen LogP contribution >= 0.6 is 0 Å². The summed E-state index contributed by atoms with van der Waals surface area (Å²) >= 11 is 0. The summed E-state index contributed by atoms with van der Waals surface area (Å²) in [6, 6.07) is 11.6. The number of carbonyl (C=O) groups excluding carboxylic acids is 1. The third-order valence-corrected chi connectivity index (χ3v) is 5.57.